The van der Waals surface area contributed by atoms with Crippen molar-refractivity contribution >= 4 is 11.8 Å². The Bertz CT molecular complexity index is 331. The summed E-state index contributed by atoms with van der Waals surface area (Å²) < 4.78 is 5.05. The first-order valence-corrected chi connectivity index (χ1v) is 3.88. The molecule has 68 valence electrons. The van der Waals surface area contributed by atoms with E-state index in [4.69, 9.17) is 15.9 Å². The smallest absolute Gasteiger partial charge is 0.119 e. The van der Waals surface area contributed by atoms with Crippen LogP contribution in [0.2, 0.25) is 0 Å². The molecule has 0 spiro atoms. The lowest BCUT2D eigenvalue weighted by molar-refractivity contribution is 0.414. The van der Waals surface area contributed by atoms with E-state index in [9.17, 15) is 0 Å². The molecule has 0 aliphatic heterocycles. The highest BCUT2D eigenvalue weighted by Gasteiger charge is 1.98. The fraction of sp³-hybridized carbons (Fsp3) is 0.100. The highest BCUT2D eigenvalue weighted by atomic mass is 16.5. The van der Waals surface area contributed by atoms with Crippen molar-refractivity contribution in [2.75, 3.05) is 7.11 Å². The average molecular weight is 176 g/mol. The number of ether oxygens (including phenoxy) is 1. The molecule has 3 N–H and O–H groups in total. The second-order valence-electron chi connectivity index (χ2n) is 2.50. The Kier molecular flexibility index (Phi) is 3.09. The van der Waals surface area contributed by atoms with Crippen molar-refractivity contribution in [1.29, 1.82) is 5.41 Å². The molecule has 0 unspecified atom stereocenters. The van der Waals surface area contributed by atoms with Crippen LogP contribution in [-0.4, -0.2) is 13.3 Å². The molecule has 0 aliphatic carbocycles. The van der Waals surface area contributed by atoms with Gasteiger partial charge in [-0.2, -0.15) is 0 Å². The lowest BCUT2D eigenvalue weighted by atomic mass is 10.1. The lowest BCUT2D eigenvalue weighted by Gasteiger charge is -2.03. The van der Waals surface area contributed by atoms with Crippen LogP contribution in [0, 0.1) is 5.41 Å². The number of nitrogens with one attached hydrogen (secondary N) is 1. The number of rotatable bonds is 3. The molecule has 0 saturated carbocycles. The number of methoxy groups -OCH3 is 1. The Morgan fingerprint density at radius 3 is 2.85 bits per heavy atom. The number of benzene rings is 1. The van der Waals surface area contributed by atoms with Crippen molar-refractivity contribution in [3.63, 3.8) is 0 Å². The number of allylic oxidation sites excluding steroid dienone is 1. The van der Waals surface area contributed by atoms with E-state index in [0.717, 1.165) is 11.3 Å². The van der Waals surface area contributed by atoms with Gasteiger partial charge in [0.25, 0.3) is 0 Å². The molecule has 0 radical (unpaired) electrons. The van der Waals surface area contributed by atoms with Gasteiger partial charge in [0, 0.05) is 18.0 Å². The topological polar surface area (TPSA) is 59.1 Å². The maximum atomic E-state index is 7.11. The van der Waals surface area contributed by atoms with E-state index in [1.165, 1.54) is 12.4 Å². The highest BCUT2D eigenvalue weighted by molar-refractivity contribution is 6.08. The molecule has 1 aromatic rings. The van der Waals surface area contributed by atoms with Crippen LogP contribution in [0.1, 0.15) is 5.56 Å². The van der Waals surface area contributed by atoms with Gasteiger partial charge in [-0.15, -0.1) is 0 Å². The zero-order valence-corrected chi connectivity index (χ0v) is 7.45. The molecular formula is C10H12N2O. The lowest BCUT2D eigenvalue weighted by Crippen LogP contribution is -1.91. The maximum absolute atomic E-state index is 7.11. The van der Waals surface area contributed by atoms with E-state index in [0.29, 0.717) is 5.57 Å². The van der Waals surface area contributed by atoms with Crippen molar-refractivity contribution in [2.45, 2.75) is 0 Å². The number of hydrogen-bond acceptors (Lipinski definition) is 3. The summed E-state index contributed by atoms with van der Waals surface area (Å²) >= 11 is 0. The third kappa shape index (κ3) is 2.08. The fourth-order valence-corrected chi connectivity index (χ4v) is 1.03. The molecule has 1 rings (SSSR count). The summed E-state index contributed by atoms with van der Waals surface area (Å²) in [7, 11) is 1.61. The van der Waals surface area contributed by atoms with Crippen LogP contribution < -0.4 is 10.5 Å². The minimum absolute atomic E-state index is 0.680. The maximum Gasteiger partial charge on any atom is 0.119 e. The monoisotopic (exact) mass is 176 g/mol. The first-order chi connectivity index (χ1) is 6.31. The molecule has 0 heterocycles. The first-order valence-electron chi connectivity index (χ1n) is 3.88. The Morgan fingerprint density at radius 2 is 2.31 bits per heavy atom. The molecule has 0 fully saturated rings. The predicted octanol–water partition coefficient (Wildman–Crippen LogP) is 1.64. The summed E-state index contributed by atoms with van der Waals surface area (Å²) in [6.07, 6.45) is 2.62. The first kappa shape index (κ1) is 9.32. The molecule has 0 bridgehead atoms. The summed E-state index contributed by atoms with van der Waals surface area (Å²) in [6.45, 7) is 0. The van der Waals surface area contributed by atoms with Crippen LogP contribution >= 0.6 is 0 Å². The molecule has 0 amide bonds. The van der Waals surface area contributed by atoms with E-state index in [2.05, 4.69) is 0 Å². The van der Waals surface area contributed by atoms with Crippen molar-refractivity contribution in [3.8, 4) is 5.75 Å². The summed E-state index contributed by atoms with van der Waals surface area (Å²) in [5.74, 6) is 0.763. The van der Waals surface area contributed by atoms with E-state index < -0.39 is 0 Å². The molecule has 3 nitrogen and oxygen atoms in total. The van der Waals surface area contributed by atoms with Crippen molar-refractivity contribution < 1.29 is 4.74 Å². The molecule has 3 heteroatoms. The molecule has 0 aromatic heterocycles. The third-order valence-electron chi connectivity index (χ3n) is 1.74. The highest BCUT2D eigenvalue weighted by Crippen LogP contribution is 2.17. The Balaban J connectivity index is 3.07. The van der Waals surface area contributed by atoms with Gasteiger partial charge in [-0.1, -0.05) is 12.1 Å². The molecule has 0 aliphatic rings. The molecule has 13 heavy (non-hydrogen) atoms. The third-order valence-corrected chi connectivity index (χ3v) is 1.74. The Labute approximate surface area is 77.3 Å². The largest absolute Gasteiger partial charge is 0.497 e. The standard InChI is InChI=1S/C10H12N2O/c1-13-10-4-2-3-8(5-10)9(6-11)7-12/h2-7,11H,12H2,1H3/b9-7+,11-6?. The fourth-order valence-electron chi connectivity index (χ4n) is 1.03. The van der Waals surface area contributed by atoms with Gasteiger partial charge in [-0.3, -0.25) is 0 Å². The van der Waals surface area contributed by atoms with Gasteiger partial charge in [-0.05, 0) is 17.7 Å². The van der Waals surface area contributed by atoms with Crippen molar-refractivity contribution in [2.24, 2.45) is 5.73 Å². The van der Waals surface area contributed by atoms with E-state index in [-0.39, 0.29) is 0 Å². The van der Waals surface area contributed by atoms with Crippen LogP contribution in [0.4, 0.5) is 0 Å². The number of nitrogens with two attached hydrogens (primary N) is 1. The van der Waals surface area contributed by atoms with Gasteiger partial charge in [0.15, 0.2) is 0 Å². The van der Waals surface area contributed by atoms with Crippen molar-refractivity contribution in [3.05, 3.63) is 36.0 Å². The molecule has 1 aromatic carbocycles. The van der Waals surface area contributed by atoms with Crippen molar-refractivity contribution in [1.82, 2.24) is 0 Å². The van der Waals surface area contributed by atoms with Gasteiger partial charge in [0.2, 0.25) is 0 Å². The second-order valence-corrected chi connectivity index (χ2v) is 2.50. The summed E-state index contributed by atoms with van der Waals surface area (Å²) in [6, 6.07) is 7.43. The Morgan fingerprint density at radius 1 is 1.54 bits per heavy atom. The van der Waals surface area contributed by atoms with E-state index in [1.54, 1.807) is 7.11 Å². The minimum Gasteiger partial charge on any atom is -0.497 e. The second kappa shape index (κ2) is 4.30. The average Bonchev–Trinajstić information content (AvgIpc) is 2.20. The van der Waals surface area contributed by atoms with Crippen LogP contribution in [0.5, 0.6) is 5.75 Å². The SMILES string of the molecule is COc1cccc(/C(C=N)=C/N)c1. The van der Waals surface area contributed by atoms with Crippen LogP contribution in [-0.2, 0) is 0 Å². The Hall–Kier alpha value is -1.77. The summed E-state index contributed by atoms with van der Waals surface area (Å²) in [4.78, 5) is 0. The number of hydrogen-bond donors (Lipinski definition) is 2. The zero-order valence-electron chi connectivity index (χ0n) is 7.45. The summed E-state index contributed by atoms with van der Waals surface area (Å²) in [5.41, 5.74) is 6.92. The van der Waals surface area contributed by atoms with Crippen LogP contribution in [0.15, 0.2) is 30.5 Å². The van der Waals surface area contributed by atoms with E-state index in [1.807, 2.05) is 24.3 Å². The normalized spacial score (nSPS) is 11.0. The van der Waals surface area contributed by atoms with Crippen LogP contribution in [0.25, 0.3) is 5.57 Å². The molecular weight excluding hydrogens is 164 g/mol. The minimum atomic E-state index is 0.680. The van der Waals surface area contributed by atoms with Gasteiger partial charge in [0.05, 0.1) is 7.11 Å². The van der Waals surface area contributed by atoms with Gasteiger partial charge in [0.1, 0.15) is 5.75 Å². The van der Waals surface area contributed by atoms with Crippen LogP contribution in [0.3, 0.4) is 0 Å². The molecule has 0 saturated heterocycles. The van der Waals surface area contributed by atoms with E-state index >= 15 is 0 Å². The van der Waals surface area contributed by atoms with Gasteiger partial charge in [-0.25, -0.2) is 0 Å². The summed E-state index contributed by atoms with van der Waals surface area (Å²) in [5, 5.41) is 7.11. The van der Waals surface area contributed by atoms with Gasteiger partial charge >= 0.3 is 0 Å². The zero-order chi connectivity index (χ0) is 9.68. The predicted molar refractivity (Wildman–Crippen MR) is 53.9 cm³/mol. The molecule has 0 atom stereocenters. The van der Waals surface area contributed by atoms with Gasteiger partial charge < -0.3 is 15.9 Å². The quantitative estimate of drug-likeness (QED) is 0.688.